The number of aromatic nitrogens is 4. The van der Waals surface area contributed by atoms with Crippen molar-refractivity contribution in [2.75, 3.05) is 30.6 Å². The van der Waals surface area contributed by atoms with E-state index >= 15 is 13.2 Å². The SMILES string of the molecule is COc1ccc(CN(Cc2ccc(OC)cc2)c2cc(C)c(C(F)(F)F)c(-c3cc4ncnc5c4c(c3Cl)OC[C@H](CC#N)N5Cc3cccnc3N=C(c3ccccc3)c3ccccc3)n2)cc1. The number of benzene rings is 5. The van der Waals surface area contributed by atoms with Crippen molar-refractivity contribution in [2.45, 2.75) is 45.2 Å². The lowest BCUT2D eigenvalue weighted by atomic mass is 9.98. The fourth-order valence-corrected chi connectivity index (χ4v) is 8.81. The molecule has 0 spiro atoms. The second-order valence-corrected chi connectivity index (χ2v) is 16.7. The van der Waals surface area contributed by atoms with Crippen LogP contribution < -0.4 is 24.0 Å². The van der Waals surface area contributed by atoms with Crippen LogP contribution >= 0.6 is 11.6 Å². The molecule has 0 aliphatic carbocycles. The van der Waals surface area contributed by atoms with Gasteiger partial charge in [0.05, 0.1) is 65.6 Å². The standard InChI is InChI=1S/C54H44ClF3N8O3/c1-34-27-45(65(29-35-16-20-41(67-2)21-17-35)30-36-18-22-42(68-3)23-19-36)63-50(47(34)54(56,57)58)43-28-44-46-51(48(43)55)69-32-40(24-25-59)66(53(46)62-33-61-44)31-39-15-10-26-60-52(39)64-49(37-11-6-4-7-12-37)38-13-8-5-9-14-38/h4-23,26-28,33,40H,24,29-32H2,1-3H3/t40-/m0/s1. The zero-order chi connectivity index (χ0) is 48.1. The summed E-state index contributed by atoms with van der Waals surface area (Å²) in [5.74, 6) is 2.53. The monoisotopic (exact) mass is 944 g/mol. The highest BCUT2D eigenvalue weighted by molar-refractivity contribution is 6.36. The summed E-state index contributed by atoms with van der Waals surface area (Å²) in [6.07, 6.45) is -1.80. The molecule has 0 unspecified atom stereocenters. The molecule has 0 saturated carbocycles. The number of alkyl halides is 3. The van der Waals surface area contributed by atoms with Crippen LogP contribution in [0.1, 0.15) is 45.4 Å². The predicted octanol–water partition coefficient (Wildman–Crippen LogP) is 12.1. The van der Waals surface area contributed by atoms with Gasteiger partial charge in [0.1, 0.15) is 36.1 Å². The van der Waals surface area contributed by atoms with E-state index in [-0.39, 0.29) is 58.5 Å². The molecule has 0 amide bonds. The van der Waals surface area contributed by atoms with E-state index in [1.807, 2.05) is 131 Å². The number of methoxy groups -OCH3 is 2. The maximum atomic E-state index is 15.4. The van der Waals surface area contributed by atoms with Gasteiger partial charge in [-0.2, -0.15) is 18.4 Å². The summed E-state index contributed by atoms with van der Waals surface area (Å²) in [4.78, 5) is 27.9. The summed E-state index contributed by atoms with van der Waals surface area (Å²) in [5, 5.41) is 10.4. The molecule has 9 rings (SSSR count). The number of aryl methyl sites for hydroxylation is 1. The third-order valence-corrected chi connectivity index (χ3v) is 12.3. The Hall–Kier alpha value is -8.02. The summed E-state index contributed by atoms with van der Waals surface area (Å²) >= 11 is 7.32. The molecule has 346 valence electrons. The molecule has 0 radical (unpaired) electrons. The Kier molecular flexibility index (Phi) is 13.4. The number of rotatable bonds is 14. The molecule has 15 heteroatoms. The van der Waals surface area contributed by atoms with Crippen LogP contribution in [-0.4, -0.2) is 52.5 Å². The van der Waals surface area contributed by atoms with Gasteiger partial charge in [-0.15, -0.1) is 0 Å². The molecule has 0 saturated heterocycles. The molecule has 5 aromatic carbocycles. The molecular formula is C54H44ClF3N8O3. The second-order valence-electron chi connectivity index (χ2n) is 16.4. The first-order valence-corrected chi connectivity index (χ1v) is 22.4. The van der Waals surface area contributed by atoms with Crippen molar-refractivity contribution in [1.29, 1.82) is 5.26 Å². The lowest BCUT2D eigenvalue weighted by molar-refractivity contribution is -0.137. The van der Waals surface area contributed by atoms with Crippen molar-refractivity contribution in [1.82, 2.24) is 19.9 Å². The molecule has 11 nitrogen and oxygen atoms in total. The largest absolute Gasteiger partial charge is 0.497 e. The molecule has 1 aliphatic heterocycles. The number of pyridine rings is 2. The van der Waals surface area contributed by atoms with E-state index in [0.717, 1.165) is 27.8 Å². The van der Waals surface area contributed by atoms with E-state index in [9.17, 15) is 5.26 Å². The third kappa shape index (κ3) is 9.86. The average molecular weight is 945 g/mol. The highest BCUT2D eigenvalue weighted by Crippen LogP contribution is 2.49. The van der Waals surface area contributed by atoms with Crippen molar-refractivity contribution < 1.29 is 27.4 Å². The quantitative estimate of drug-likeness (QED) is 0.0974. The Morgan fingerprint density at radius 3 is 2.04 bits per heavy atom. The number of hydrogen-bond donors (Lipinski definition) is 0. The lowest BCUT2D eigenvalue weighted by Gasteiger charge is -2.30. The zero-order valence-corrected chi connectivity index (χ0v) is 38.5. The second kappa shape index (κ2) is 20.1. The van der Waals surface area contributed by atoms with Gasteiger partial charge in [0.25, 0.3) is 0 Å². The minimum Gasteiger partial charge on any atom is -0.497 e. The van der Waals surface area contributed by atoms with Crippen molar-refractivity contribution >= 4 is 45.7 Å². The third-order valence-electron chi connectivity index (χ3n) is 11.9. The van der Waals surface area contributed by atoms with E-state index in [1.54, 1.807) is 20.4 Å². The fourth-order valence-electron chi connectivity index (χ4n) is 8.52. The molecule has 3 aromatic heterocycles. The van der Waals surface area contributed by atoms with Gasteiger partial charge in [0, 0.05) is 48.1 Å². The molecule has 69 heavy (non-hydrogen) atoms. The Morgan fingerprint density at radius 1 is 0.841 bits per heavy atom. The van der Waals surface area contributed by atoms with Crippen molar-refractivity contribution in [3.63, 3.8) is 0 Å². The fraction of sp³-hybridized carbons (Fsp3) is 0.185. The zero-order valence-electron chi connectivity index (χ0n) is 37.8. The van der Waals surface area contributed by atoms with E-state index < -0.39 is 17.8 Å². The van der Waals surface area contributed by atoms with Crippen LogP contribution in [0.3, 0.4) is 0 Å². The highest BCUT2D eigenvalue weighted by Gasteiger charge is 2.39. The number of halogens is 4. The van der Waals surface area contributed by atoms with E-state index in [2.05, 4.69) is 11.1 Å². The van der Waals surface area contributed by atoms with Gasteiger partial charge in [-0.3, -0.25) is 0 Å². The predicted molar refractivity (Wildman–Crippen MR) is 262 cm³/mol. The minimum atomic E-state index is -4.83. The van der Waals surface area contributed by atoms with E-state index in [1.165, 1.54) is 25.4 Å². The van der Waals surface area contributed by atoms with Crippen molar-refractivity contribution in [2.24, 2.45) is 4.99 Å². The summed E-state index contributed by atoms with van der Waals surface area (Å²) in [6, 6.07) is 42.9. The van der Waals surface area contributed by atoms with Crippen LogP contribution in [0.4, 0.5) is 30.6 Å². The number of anilines is 2. The summed E-state index contributed by atoms with van der Waals surface area (Å²) < 4.78 is 63.5. The van der Waals surface area contributed by atoms with E-state index in [0.29, 0.717) is 47.3 Å². The maximum Gasteiger partial charge on any atom is 0.418 e. The Balaban J connectivity index is 1.17. The van der Waals surface area contributed by atoms with E-state index in [4.69, 9.17) is 45.8 Å². The van der Waals surface area contributed by atoms with Crippen LogP contribution in [0.5, 0.6) is 17.2 Å². The van der Waals surface area contributed by atoms with Crippen molar-refractivity contribution in [3.05, 3.63) is 190 Å². The van der Waals surface area contributed by atoms with Crippen LogP contribution in [-0.2, 0) is 25.8 Å². The summed E-state index contributed by atoms with van der Waals surface area (Å²) in [6.45, 7) is 2.13. The first-order chi connectivity index (χ1) is 33.5. The Bertz CT molecular complexity index is 3100. The van der Waals surface area contributed by atoms with Crippen LogP contribution in [0.2, 0.25) is 5.02 Å². The highest BCUT2D eigenvalue weighted by atomic mass is 35.5. The smallest absolute Gasteiger partial charge is 0.418 e. The van der Waals surface area contributed by atoms with Gasteiger partial charge in [0.2, 0.25) is 0 Å². The maximum absolute atomic E-state index is 15.4. The number of nitrogens with zero attached hydrogens (tertiary/aromatic N) is 8. The van der Waals surface area contributed by atoms with Gasteiger partial charge >= 0.3 is 6.18 Å². The Morgan fingerprint density at radius 2 is 1.46 bits per heavy atom. The molecule has 0 fully saturated rings. The Labute approximate surface area is 402 Å². The first-order valence-electron chi connectivity index (χ1n) is 22.0. The van der Waals surface area contributed by atoms with Crippen LogP contribution in [0, 0.1) is 18.3 Å². The van der Waals surface area contributed by atoms with Gasteiger partial charge in [-0.1, -0.05) is 103 Å². The molecule has 1 aliphatic rings. The van der Waals surface area contributed by atoms with Gasteiger partial charge in [0.15, 0.2) is 11.6 Å². The summed E-state index contributed by atoms with van der Waals surface area (Å²) in [5.41, 5.74) is 3.83. The number of hydrogen-bond acceptors (Lipinski definition) is 11. The molecule has 1 atom stereocenters. The number of ether oxygens (including phenoxy) is 3. The van der Waals surface area contributed by atoms with Gasteiger partial charge in [-0.25, -0.2) is 24.9 Å². The molecule has 4 heterocycles. The average Bonchev–Trinajstić information content (AvgIpc) is 3.52. The first kappa shape index (κ1) is 46.1. The van der Waals surface area contributed by atoms with Gasteiger partial charge in [-0.05, 0) is 66.1 Å². The minimum absolute atomic E-state index is 0.0152. The molecule has 8 aromatic rings. The lowest BCUT2D eigenvalue weighted by Crippen LogP contribution is -2.38. The molecular weight excluding hydrogens is 901 g/mol. The van der Waals surface area contributed by atoms with Gasteiger partial charge < -0.3 is 24.0 Å². The van der Waals surface area contributed by atoms with Crippen molar-refractivity contribution in [3.8, 4) is 34.6 Å². The van der Waals surface area contributed by atoms with Crippen LogP contribution in [0.15, 0.2) is 151 Å². The number of aliphatic imine (C=N–C) groups is 1. The topological polar surface area (TPSA) is 122 Å². The normalized spacial score (nSPS) is 13.2. The molecule has 0 bridgehead atoms. The number of nitriles is 1. The summed E-state index contributed by atoms with van der Waals surface area (Å²) in [7, 11) is 3.16. The molecule has 0 N–H and O–H groups in total. The van der Waals surface area contributed by atoms with Crippen LogP contribution in [0.25, 0.3) is 22.2 Å².